The van der Waals surface area contributed by atoms with E-state index in [1.54, 1.807) is 41.5 Å². The fourth-order valence-electron chi connectivity index (χ4n) is 4.61. The van der Waals surface area contributed by atoms with Gasteiger partial charge >= 0.3 is 0 Å². The number of nitrogens with zero attached hydrogens (tertiary/aromatic N) is 3. The fourth-order valence-corrected chi connectivity index (χ4v) is 4.61. The molecule has 0 saturated carbocycles. The second-order valence-electron chi connectivity index (χ2n) is 8.76. The van der Waals surface area contributed by atoms with E-state index in [1.807, 2.05) is 55.5 Å². The molecular formula is C28H25N5O3. The van der Waals surface area contributed by atoms with E-state index in [-0.39, 0.29) is 17.7 Å². The molecule has 1 aliphatic rings. The van der Waals surface area contributed by atoms with E-state index >= 15 is 0 Å². The summed E-state index contributed by atoms with van der Waals surface area (Å²) in [5.74, 6) is -0.823. The molecule has 1 aliphatic heterocycles. The monoisotopic (exact) mass is 479 g/mol. The van der Waals surface area contributed by atoms with Crippen LogP contribution in [0.5, 0.6) is 0 Å². The number of amides is 3. The molecule has 0 bridgehead atoms. The average molecular weight is 480 g/mol. The van der Waals surface area contributed by atoms with Crippen molar-refractivity contribution in [3.05, 3.63) is 96.4 Å². The molecule has 8 nitrogen and oxygen atoms in total. The van der Waals surface area contributed by atoms with Crippen LogP contribution in [0.1, 0.15) is 42.1 Å². The Bertz CT molecular complexity index is 1410. The predicted molar refractivity (Wildman–Crippen MR) is 136 cm³/mol. The molecular weight excluding hydrogens is 454 g/mol. The smallest absolute Gasteiger partial charge is 0.259 e. The van der Waals surface area contributed by atoms with Gasteiger partial charge in [-0.2, -0.15) is 5.10 Å². The van der Waals surface area contributed by atoms with Crippen molar-refractivity contribution in [3.8, 4) is 16.9 Å². The minimum Gasteiger partial charge on any atom is -0.322 e. The summed E-state index contributed by atoms with van der Waals surface area (Å²) in [6.45, 7) is 1.94. The Morgan fingerprint density at radius 2 is 1.83 bits per heavy atom. The molecule has 2 aromatic carbocycles. The first-order valence-corrected chi connectivity index (χ1v) is 11.8. The number of pyridine rings is 1. The highest BCUT2D eigenvalue weighted by molar-refractivity contribution is 6.08. The third kappa shape index (κ3) is 4.29. The normalized spacial score (nSPS) is 17.5. The topological polar surface area (TPSA) is 106 Å². The second kappa shape index (κ2) is 9.58. The zero-order valence-corrected chi connectivity index (χ0v) is 19.8. The van der Waals surface area contributed by atoms with Crippen molar-refractivity contribution in [1.82, 2.24) is 20.1 Å². The summed E-state index contributed by atoms with van der Waals surface area (Å²) in [5, 5.41) is 10.1. The van der Waals surface area contributed by atoms with Crippen molar-refractivity contribution < 1.29 is 14.4 Å². The lowest BCUT2D eigenvalue weighted by Crippen LogP contribution is -2.51. The molecule has 0 aliphatic carbocycles. The number of hydrogen-bond donors (Lipinski definition) is 2. The highest BCUT2D eigenvalue weighted by Crippen LogP contribution is 2.36. The van der Waals surface area contributed by atoms with Crippen molar-refractivity contribution in [2.24, 2.45) is 0 Å². The summed E-state index contributed by atoms with van der Waals surface area (Å²) in [5.41, 5.74) is 3.16. The largest absolute Gasteiger partial charge is 0.322 e. The number of benzene rings is 2. The Balaban J connectivity index is 1.43. The molecule has 180 valence electrons. The highest BCUT2D eigenvalue weighted by atomic mass is 16.2. The number of aromatic nitrogens is 3. The van der Waals surface area contributed by atoms with Gasteiger partial charge < -0.3 is 5.32 Å². The van der Waals surface area contributed by atoms with Crippen LogP contribution in [0.25, 0.3) is 16.9 Å². The zero-order chi connectivity index (χ0) is 25.1. The van der Waals surface area contributed by atoms with Crippen LogP contribution in [-0.4, -0.2) is 32.5 Å². The van der Waals surface area contributed by atoms with E-state index in [0.29, 0.717) is 36.2 Å². The molecule has 1 atom stereocenters. The number of rotatable bonds is 6. The van der Waals surface area contributed by atoms with Crippen LogP contribution in [0.2, 0.25) is 0 Å². The van der Waals surface area contributed by atoms with Gasteiger partial charge in [0.15, 0.2) is 0 Å². The Labute approximate surface area is 208 Å². The second-order valence-corrected chi connectivity index (χ2v) is 8.76. The van der Waals surface area contributed by atoms with E-state index in [9.17, 15) is 14.4 Å². The maximum absolute atomic E-state index is 13.4. The van der Waals surface area contributed by atoms with Gasteiger partial charge in [-0.05, 0) is 54.8 Å². The van der Waals surface area contributed by atoms with Crippen LogP contribution in [0.3, 0.4) is 0 Å². The van der Waals surface area contributed by atoms with E-state index in [1.165, 1.54) is 0 Å². The van der Waals surface area contributed by atoms with E-state index < -0.39 is 5.41 Å². The van der Waals surface area contributed by atoms with Crippen LogP contribution >= 0.6 is 0 Å². The Kier molecular flexibility index (Phi) is 6.16. The number of imide groups is 1. The van der Waals surface area contributed by atoms with Gasteiger partial charge in [-0.25, -0.2) is 4.68 Å². The van der Waals surface area contributed by atoms with Crippen molar-refractivity contribution in [3.63, 3.8) is 0 Å². The fraction of sp³-hybridized carbons (Fsp3) is 0.179. The van der Waals surface area contributed by atoms with Gasteiger partial charge in [0.2, 0.25) is 11.8 Å². The highest BCUT2D eigenvalue weighted by Gasteiger charge is 2.42. The number of nitrogens with one attached hydrogen (secondary N) is 2. The van der Waals surface area contributed by atoms with E-state index in [4.69, 9.17) is 0 Å². The molecule has 1 saturated heterocycles. The van der Waals surface area contributed by atoms with Gasteiger partial charge in [-0.15, -0.1) is 0 Å². The maximum atomic E-state index is 13.4. The van der Waals surface area contributed by atoms with E-state index in [2.05, 4.69) is 20.7 Å². The SMILES string of the molecule is CCC1(c2ccc(NC(=O)c3cn(-c4ccccc4)nc3-c3cccnc3)cc2)CCC(=O)NC1=O. The minimum absolute atomic E-state index is 0.242. The standard InChI is InChI=1S/C28H25N5O3/c1-2-28(15-14-24(34)31-27(28)36)20-10-12-21(13-11-20)30-26(35)23-18-33(22-8-4-3-5-9-22)32-25(23)19-7-6-16-29-17-19/h3-13,16-18H,2,14-15H2,1H3,(H,30,35)(H,31,34,36). The van der Waals surface area contributed by atoms with Crippen LogP contribution in [0.4, 0.5) is 5.69 Å². The van der Waals surface area contributed by atoms with Crippen LogP contribution in [0, 0.1) is 0 Å². The summed E-state index contributed by atoms with van der Waals surface area (Å²) in [6, 6.07) is 20.5. The third-order valence-electron chi connectivity index (χ3n) is 6.68. The van der Waals surface area contributed by atoms with Gasteiger partial charge in [0, 0.05) is 36.3 Å². The Morgan fingerprint density at radius 3 is 2.50 bits per heavy atom. The Morgan fingerprint density at radius 1 is 1.06 bits per heavy atom. The molecule has 0 spiro atoms. The first-order valence-electron chi connectivity index (χ1n) is 11.8. The van der Waals surface area contributed by atoms with Crippen molar-refractivity contribution >= 4 is 23.4 Å². The molecule has 1 unspecified atom stereocenters. The number of carbonyl (C=O) groups excluding carboxylic acids is 3. The van der Waals surface area contributed by atoms with Crippen LogP contribution in [-0.2, 0) is 15.0 Å². The van der Waals surface area contributed by atoms with Gasteiger partial charge in [0.1, 0.15) is 5.69 Å². The Hall–Kier alpha value is -4.59. The average Bonchev–Trinajstić information content (AvgIpc) is 3.37. The molecule has 5 rings (SSSR count). The molecule has 4 aromatic rings. The number of para-hydroxylation sites is 1. The predicted octanol–water partition coefficient (Wildman–Crippen LogP) is 4.27. The number of anilines is 1. The zero-order valence-electron chi connectivity index (χ0n) is 19.8. The maximum Gasteiger partial charge on any atom is 0.259 e. The molecule has 8 heteroatoms. The first-order chi connectivity index (χ1) is 17.5. The van der Waals surface area contributed by atoms with Crippen molar-refractivity contribution in [1.29, 1.82) is 0 Å². The summed E-state index contributed by atoms with van der Waals surface area (Å²) in [6.07, 6.45) is 6.40. The van der Waals surface area contributed by atoms with Crippen molar-refractivity contribution in [2.45, 2.75) is 31.6 Å². The molecule has 2 aromatic heterocycles. The van der Waals surface area contributed by atoms with Gasteiger partial charge in [-0.3, -0.25) is 24.7 Å². The molecule has 2 N–H and O–H groups in total. The molecule has 1 fully saturated rings. The molecule has 3 amide bonds. The molecule has 36 heavy (non-hydrogen) atoms. The summed E-state index contributed by atoms with van der Waals surface area (Å²) in [4.78, 5) is 41.9. The number of piperidine rings is 1. The summed E-state index contributed by atoms with van der Waals surface area (Å²) >= 11 is 0. The van der Waals surface area contributed by atoms with E-state index in [0.717, 1.165) is 16.8 Å². The van der Waals surface area contributed by atoms with Crippen LogP contribution in [0.15, 0.2) is 85.3 Å². The van der Waals surface area contributed by atoms with Gasteiger partial charge in [0.05, 0.1) is 16.7 Å². The summed E-state index contributed by atoms with van der Waals surface area (Å²) in [7, 11) is 0. The lowest BCUT2D eigenvalue weighted by Gasteiger charge is -2.35. The molecule has 3 heterocycles. The minimum atomic E-state index is -0.749. The quantitative estimate of drug-likeness (QED) is 0.402. The van der Waals surface area contributed by atoms with Crippen LogP contribution < -0.4 is 10.6 Å². The van der Waals surface area contributed by atoms with Gasteiger partial charge in [-0.1, -0.05) is 37.3 Å². The summed E-state index contributed by atoms with van der Waals surface area (Å²) < 4.78 is 1.67. The number of carbonyl (C=O) groups is 3. The van der Waals surface area contributed by atoms with Crippen molar-refractivity contribution in [2.75, 3.05) is 5.32 Å². The van der Waals surface area contributed by atoms with Gasteiger partial charge in [0.25, 0.3) is 5.91 Å². The lowest BCUT2D eigenvalue weighted by atomic mass is 9.72. The lowest BCUT2D eigenvalue weighted by molar-refractivity contribution is -0.138. The first kappa shape index (κ1) is 23.2. The number of hydrogen-bond acceptors (Lipinski definition) is 5. The third-order valence-corrected chi connectivity index (χ3v) is 6.68. The molecule has 0 radical (unpaired) electrons.